The molecular formula is C31H46O4Si2. The second-order valence-electron chi connectivity index (χ2n) is 13.7. The Morgan fingerprint density at radius 2 is 1.27 bits per heavy atom. The maximum absolute atomic E-state index is 7.60. The van der Waals surface area contributed by atoms with Crippen LogP contribution in [0.3, 0.4) is 0 Å². The number of allylic oxidation sites excluding steroid dienone is 1. The van der Waals surface area contributed by atoms with E-state index in [0.717, 1.165) is 5.76 Å². The Balaban J connectivity index is 1.87. The van der Waals surface area contributed by atoms with Gasteiger partial charge in [0.1, 0.15) is 12.2 Å². The van der Waals surface area contributed by atoms with Crippen LogP contribution in [0.15, 0.2) is 72.5 Å². The van der Waals surface area contributed by atoms with E-state index >= 15 is 0 Å². The SMILES string of the molecule is CC1=C[C@@H](O[Si](c2ccccc2)(c2ccccc2)C(C)(C)C)[C@@H]2O[Si](C(C)(C)C)(C(C)(C)C)OC[C@H]2O1. The normalized spacial score (nSPS) is 24.6. The van der Waals surface area contributed by atoms with Crippen molar-refractivity contribution in [1.29, 1.82) is 0 Å². The highest BCUT2D eigenvalue weighted by atomic mass is 28.4. The minimum atomic E-state index is -2.79. The quantitative estimate of drug-likeness (QED) is 0.406. The molecule has 0 saturated carbocycles. The van der Waals surface area contributed by atoms with Crippen molar-refractivity contribution in [2.24, 2.45) is 0 Å². The van der Waals surface area contributed by atoms with Crippen molar-refractivity contribution in [1.82, 2.24) is 0 Å². The molecule has 1 fully saturated rings. The molecule has 1 saturated heterocycles. The molecule has 2 aliphatic heterocycles. The highest BCUT2D eigenvalue weighted by Gasteiger charge is 2.64. The van der Waals surface area contributed by atoms with Gasteiger partial charge in [-0.15, -0.1) is 0 Å². The zero-order valence-electron chi connectivity index (χ0n) is 24.4. The van der Waals surface area contributed by atoms with E-state index in [1.165, 1.54) is 10.4 Å². The number of hydrogen-bond donors (Lipinski definition) is 0. The van der Waals surface area contributed by atoms with E-state index < -0.39 is 16.9 Å². The molecule has 0 aromatic heterocycles. The van der Waals surface area contributed by atoms with Crippen molar-refractivity contribution in [2.45, 2.75) is 103 Å². The van der Waals surface area contributed by atoms with Crippen LogP contribution >= 0.6 is 0 Å². The molecule has 202 valence electrons. The minimum Gasteiger partial charge on any atom is -0.490 e. The van der Waals surface area contributed by atoms with E-state index in [1.54, 1.807) is 0 Å². The van der Waals surface area contributed by atoms with Crippen molar-refractivity contribution in [3.8, 4) is 0 Å². The molecule has 6 heteroatoms. The van der Waals surface area contributed by atoms with Crippen molar-refractivity contribution in [3.63, 3.8) is 0 Å². The molecule has 2 aliphatic rings. The van der Waals surface area contributed by atoms with Gasteiger partial charge < -0.3 is 18.0 Å². The monoisotopic (exact) mass is 538 g/mol. The molecule has 0 bridgehead atoms. The van der Waals surface area contributed by atoms with Gasteiger partial charge in [-0.2, -0.15) is 0 Å². The standard InChI is InChI=1S/C31H46O4Si2/c1-23-21-26(28-27(33-23)22-32-37(35-28,30(5,6)7)31(8,9)10)34-36(29(2,3)4,24-17-13-11-14-18-24)25-19-15-12-16-20-25/h11-21,26-28H,22H2,1-10H3/t26-,27-,28+/m1/s1. The average Bonchev–Trinajstić information content (AvgIpc) is 2.81. The smallest absolute Gasteiger partial charge is 0.349 e. The topological polar surface area (TPSA) is 36.9 Å². The van der Waals surface area contributed by atoms with E-state index in [0.29, 0.717) is 6.61 Å². The van der Waals surface area contributed by atoms with Gasteiger partial charge in [0.05, 0.1) is 18.5 Å². The second-order valence-corrected chi connectivity index (χ2v) is 22.7. The summed E-state index contributed by atoms with van der Waals surface area (Å²) in [5.41, 5.74) is 0. The van der Waals surface area contributed by atoms with Gasteiger partial charge >= 0.3 is 8.56 Å². The summed E-state index contributed by atoms with van der Waals surface area (Å²) in [6.07, 6.45) is 1.48. The Bertz CT molecular complexity index is 1040. The Labute approximate surface area is 226 Å². The molecule has 2 aromatic carbocycles. The van der Waals surface area contributed by atoms with E-state index in [9.17, 15) is 0 Å². The molecule has 4 rings (SSSR count). The molecule has 4 nitrogen and oxygen atoms in total. The summed E-state index contributed by atoms with van der Waals surface area (Å²) in [6, 6.07) is 21.7. The molecular weight excluding hydrogens is 493 g/mol. The first-order valence-corrected chi connectivity index (χ1v) is 17.3. The molecule has 0 amide bonds. The second kappa shape index (κ2) is 9.80. The maximum Gasteiger partial charge on any atom is 0.349 e. The Hall–Kier alpha value is -1.71. The van der Waals surface area contributed by atoms with E-state index in [2.05, 4.69) is 129 Å². The van der Waals surface area contributed by atoms with Crippen LogP contribution in [0.4, 0.5) is 0 Å². The van der Waals surface area contributed by atoms with Crippen LogP contribution in [0.2, 0.25) is 15.1 Å². The first-order valence-electron chi connectivity index (χ1n) is 13.6. The van der Waals surface area contributed by atoms with Gasteiger partial charge in [-0.05, 0) is 28.4 Å². The van der Waals surface area contributed by atoms with Crippen LogP contribution in [-0.4, -0.2) is 41.8 Å². The zero-order valence-corrected chi connectivity index (χ0v) is 26.4. The number of rotatable bonds is 4. The predicted molar refractivity (Wildman–Crippen MR) is 157 cm³/mol. The van der Waals surface area contributed by atoms with Gasteiger partial charge in [0.2, 0.25) is 0 Å². The summed E-state index contributed by atoms with van der Waals surface area (Å²) >= 11 is 0. The Morgan fingerprint density at radius 1 is 0.784 bits per heavy atom. The molecule has 0 aliphatic carbocycles. The molecule has 2 aromatic rings. The molecule has 0 unspecified atom stereocenters. The third-order valence-electron chi connectivity index (χ3n) is 7.88. The lowest BCUT2D eigenvalue weighted by atomic mass is 10.1. The van der Waals surface area contributed by atoms with Crippen molar-refractivity contribution >= 4 is 27.3 Å². The number of hydrogen-bond acceptors (Lipinski definition) is 4. The third-order valence-corrected chi connectivity index (χ3v) is 18.0. The summed E-state index contributed by atoms with van der Waals surface area (Å²) in [5.74, 6) is 0.872. The lowest BCUT2D eigenvalue weighted by Crippen LogP contribution is -2.72. The molecule has 37 heavy (non-hydrogen) atoms. The van der Waals surface area contributed by atoms with E-state index in [-0.39, 0.29) is 33.4 Å². The molecule has 3 atom stereocenters. The van der Waals surface area contributed by atoms with Gasteiger partial charge in [0.15, 0.2) is 0 Å². The lowest BCUT2D eigenvalue weighted by molar-refractivity contribution is -0.126. The average molecular weight is 539 g/mol. The predicted octanol–water partition coefficient (Wildman–Crippen LogP) is 6.69. The molecule has 0 spiro atoms. The Kier molecular flexibility index (Phi) is 7.49. The van der Waals surface area contributed by atoms with Crippen molar-refractivity contribution in [2.75, 3.05) is 6.61 Å². The first kappa shape index (κ1) is 28.3. The number of ether oxygens (including phenoxy) is 1. The summed E-state index contributed by atoms with van der Waals surface area (Å²) in [4.78, 5) is 0. The fourth-order valence-corrected chi connectivity index (χ4v) is 16.1. The molecule has 2 heterocycles. The van der Waals surface area contributed by atoms with Crippen molar-refractivity contribution < 1.29 is 18.0 Å². The highest BCUT2D eigenvalue weighted by molar-refractivity contribution is 6.99. The van der Waals surface area contributed by atoms with Gasteiger partial charge in [0.25, 0.3) is 8.32 Å². The lowest BCUT2D eigenvalue weighted by Gasteiger charge is -2.57. The van der Waals surface area contributed by atoms with Gasteiger partial charge in [-0.3, -0.25) is 0 Å². The van der Waals surface area contributed by atoms with Gasteiger partial charge in [-0.1, -0.05) is 123 Å². The fraction of sp³-hybridized carbons (Fsp3) is 0.548. The van der Waals surface area contributed by atoms with Gasteiger partial charge in [0, 0.05) is 10.1 Å². The first-order chi connectivity index (χ1) is 17.1. The highest BCUT2D eigenvalue weighted by Crippen LogP contribution is 2.55. The Morgan fingerprint density at radius 3 is 1.70 bits per heavy atom. The zero-order chi connectivity index (χ0) is 27.3. The number of fused-ring (bicyclic) bond motifs is 1. The summed E-state index contributed by atoms with van der Waals surface area (Å²) in [5, 5.41) is 2.18. The van der Waals surface area contributed by atoms with Crippen LogP contribution in [0.5, 0.6) is 0 Å². The van der Waals surface area contributed by atoms with Gasteiger partial charge in [-0.25, -0.2) is 0 Å². The van der Waals surface area contributed by atoms with Crippen LogP contribution in [0.1, 0.15) is 69.2 Å². The number of benzene rings is 2. The van der Waals surface area contributed by atoms with Crippen LogP contribution in [0.25, 0.3) is 0 Å². The van der Waals surface area contributed by atoms with Crippen molar-refractivity contribution in [3.05, 3.63) is 72.5 Å². The van der Waals surface area contributed by atoms with Crippen LogP contribution < -0.4 is 10.4 Å². The van der Waals surface area contributed by atoms with Crippen LogP contribution in [-0.2, 0) is 18.0 Å². The molecule has 0 N–H and O–H groups in total. The third kappa shape index (κ3) is 4.92. The summed E-state index contributed by atoms with van der Waals surface area (Å²) in [7, 11) is -5.50. The minimum absolute atomic E-state index is 0.117. The molecule has 0 radical (unpaired) electrons. The fourth-order valence-electron chi connectivity index (χ4n) is 6.49. The summed E-state index contributed by atoms with van der Waals surface area (Å²) < 4.78 is 27.9. The summed E-state index contributed by atoms with van der Waals surface area (Å²) in [6.45, 7) is 23.0. The largest absolute Gasteiger partial charge is 0.490 e. The maximum atomic E-state index is 7.60. The van der Waals surface area contributed by atoms with E-state index in [4.69, 9.17) is 18.0 Å². The van der Waals surface area contributed by atoms with Crippen LogP contribution in [0, 0.1) is 0 Å². The van der Waals surface area contributed by atoms with E-state index in [1.807, 2.05) is 6.92 Å².